The van der Waals surface area contributed by atoms with Gasteiger partial charge < -0.3 is 10.1 Å². The van der Waals surface area contributed by atoms with Crippen molar-refractivity contribution in [1.29, 1.82) is 0 Å². The zero-order valence-electron chi connectivity index (χ0n) is 9.05. The van der Waals surface area contributed by atoms with Gasteiger partial charge in [0.25, 0.3) is 0 Å². The molecule has 0 aliphatic heterocycles. The van der Waals surface area contributed by atoms with Crippen LogP contribution in [0.3, 0.4) is 0 Å². The van der Waals surface area contributed by atoms with Crippen LogP contribution in [0.15, 0.2) is 18.2 Å². The first kappa shape index (κ1) is 9.53. The van der Waals surface area contributed by atoms with Crippen molar-refractivity contribution < 1.29 is 4.74 Å². The van der Waals surface area contributed by atoms with Gasteiger partial charge in [0.1, 0.15) is 5.75 Å². The van der Waals surface area contributed by atoms with Gasteiger partial charge in [-0.25, -0.2) is 0 Å². The highest BCUT2D eigenvalue weighted by molar-refractivity contribution is 5.41. The first-order chi connectivity index (χ1) is 6.72. The second-order valence-corrected chi connectivity index (χ2v) is 4.02. The predicted molar refractivity (Wildman–Crippen MR) is 57.7 cm³/mol. The maximum absolute atomic E-state index is 5.33. The molecule has 0 spiro atoms. The van der Waals surface area contributed by atoms with Crippen LogP contribution in [0.25, 0.3) is 0 Å². The first-order valence-corrected chi connectivity index (χ1v) is 5.06. The highest BCUT2D eigenvalue weighted by Gasteiger charge is 2.42. The molecule has 1 aromatic carbocycles. The molecule has 0 atom stereocenters. The molecule has 0 radical (unpaired) electrons. The van der Waals surface area contributed by atoms with Gasteiger partial charge in [-0.3, -0.25) is 0 Å². The van der Waals surface area contributed by atoms with Crippen molar-refractivity contribution in [3.05, 3.63) is 29.3 Å². The molecule has 1 aromatic rings. The topological polar surface area (TPSA) is 21.3 Å². The van der Waals surface area contributed by atoms with E-state index in [1.807, 2.05) is 7.05 Å². The molecular formula is C12H17NO. The molecule has 2 rings (SSSR count). The van der Waals surface area contributed by atoms with E-state index in [1.54, 1.807) is 7.11 Å². The quantitative estimate of drug-likeness (QED) is 0.791. The molecule has 76 valence electrons. The highest BCUT2D eigenvalue weighted by atomic mass is 16.5. The number of hydrogen-bond acceptors (Lipinski definition) is 2. The number of hydrogen-bond donors (Lipinski definition) is 1. The maximum Gasteiger partial charge on any atom is 0.122 e. The molecule has 1 aliphatic carbocycles. The van der Waals surface area contributed by atoms with E-state index in [-0.39, 0.29) is 5.54 Å². The van der Waals surface area contributed by atoms with Crippen molar-refractivity contribution in [3.8, 4) is 5.75 Å². The van der Waals surface area contributed by atoms with Crippen molar-refractivity contribution in [3.63, 3.8) is 0 Å². The molecule has 0 bridgehead atoms. The lowest BCUT2D eigenvalue weighted by molar-refractivity contribution is 0.410. The molecule has 0 aromatic heterocycles. The van der Waals surface area contributed by atoms with Gasteiger partial charge >= 0.3 is 0 Å². The van der Waals surface area contributed by atoms with Gasteiger partial charge in [0.2, 0.25) is 0 Å². The third-order valence-electron chi connectivity index (χ3n) is 3.19. The zero-order valence-corrected chi connectivity index (χ0v) is 9.05. The molecule has 0 saturated heterocycles. The van der Waals surface area contributed by atoms with E-state index in [2.05, 4.69) is 30.4 Å². The summed E-state index contributed by atoms with van der Waals surface area (Å²) in [6, 6.07) is 6.48. The van der Waals surface area contributed by atoms with Gasteiger partial charge in [0.15, 0.2) is 0 Å². The summed E-state index contributed by atoms with van der Waals surface area (Å²) >= 11 is 0. The van der Waals surface area contributed by atoms with Crippen LogP contribution in [-0.4, -0.2) is 14.2 Å². The van der Waals surface area contributed by atoms with Crippen LogP contribution in [0.2, 0.25) is 0 Å². The normalized spacial score (nSPS) is 17.9. The third-order valence-corrected chi connectivity index (χ3v) is 3.19. The van der Waals surface area contributed by atoms with E-state index in [1.165, 1.54) is 24.0 Å². The molecule has 0 amide bonds. The number of benzene rings is 1. The zero-order chi connectivity index (χ0) is 10.2. The summed E-state index contributed by atoms with van der Waals surface area (Å²) in [5.41, 5.74) is 2.78. The Morgan fingerprint density at radius 3 is 2.57 bits per heavy atom. The van der Waals surface area contributed by atoms with E-state index in [4.69, 9.17) is 4.74 Å². The van der Waals surface area contributed by atoms with Crippen molar-refractivity contribution in [2.45, 2.75) is 25.3 Å². The summed E-state index contributed by atoms with van der Waals surface area (Å²) < 4.78 is 5.33. The minimum Gasteiger partial charge on any atom is -0.496 e. The number of ether oxygens (including phenoxy) is 1. The van der Waals surface area contributed by atoms with Crippen LogP contribution in [0.1, 0.15) is 24.0 Å². The van der Waals surface area contributed by atoms with Gasteiger partial charge in [0, 0.05) is 5.54 Å². The predicted octanol–water partition coefficient (Wildman–Crippen LogP) is 2.21. The van der Waals surface area contributed by atoms with Gasteiger partial charge in [-0.2, -0.15) is 0 Å². The van der Waals surface area contributed by atoms with Crippen LogP contribution in [0.4, 0.5) is 0 Å². The second kappa shape index (κ2) is 3.28. The van der Waals surface area contributed by atoms with Crippen molar-refractivity contribution in [2.75, 3.05) is 14.2 Å². The minimum atomic E-state index is 0.237. The Morgan fingerprint density at radius 1 is 1.36 bits per heavy atom. The molecular weight excluding hydrogens is 174 g/mol. The van der Waals surface area contributed by atoms with Crippen molar-refractivity contribution >= 4 is 0 Å². The fourth-order valence-electron chi connectivity index (χ4n) is 1.93. The SMILES string of the molecule is CNC1(c2ccc(C)c(OC)c2)CC1. The Bertz CT molecular complexity index is 342. The molecule has 14 heavy (non-hydrogen) atoms. The molecule has 0 unspecified atom stereocenters. The van der Waals surface area contributed by atoms with Gasteiger partial charge in [-0.05, 0) is 44.0 Å². The summed E-state index contributed by atoms with van der Waals surface area (Å²) in [5.74, 6) is 0.990. The Kier molecular flexibility index (Phi) is 2.23. The summed E-state index contributed by atoms with van der Waals surface area (Å²) in [7, 11) is 3.75. The Morgan fingerprint density at radius 2 is 2.07 bits per heavy atom. The van der Waals surface area contributed by atoms with Gasteiger partial charge in [0.05, 0.1) is 7.11 Å². The van der Waals surface area contributed by atoms with Gasteiger partial charge in [-0.15, -0.1) is 0 Å². The van der Waals surface area contributed by atoms with Crippen LogP contribution >= 0.6 is 0 Å². The Hall–Kier alpha value is -1.02. The number of nitrogens with one attached hydrogen (secondary N) is 1. The lowest BCUT2D eigenvalue weighted by Gasteiger charge is -2.16. The second-order valence-electron chi connectivity index (χ2n) is 4.02. The fourth-order valence-corrected chi connectivity index (χ4v) is 1.93. The first-order valence-electron chi connectivity index (χ1n) is 5.06. The molecule has 1 saturated carbocycles. The van der Waals surface area contributed by atoms with Crippen LogP contribution < -0.4 is 10.1 Å². The van der Waals surface area contributed by atoms with E-state index in [0.29, 0.717) is 0 Å². The number of methoxy groups -OCH3 is 1. The fraction of sp³-hybridized carbons (Fsp3) is 0.500. The average molecular weight is 191 g/mol. The standard InChI is InChI=1S/C12H17NO/c1-9-4-5-10(8-11(9)14-3)12(13-2)6-7-12/h4-5,8,13H,6-7H2,1-3H3. The van der Waals surface area contributed by atoms with E-state index in [0.717, 1.165) is 5.75 Å². The lowest BCUT2D eigenvalue weighted by Crippen LogP contribution is -2.24. The highest BCUT2D eigenvalue weighted by Crippen LogP contribution is 2.46. The monoisotopic (exact) mass is 191 g/mol. The molecule has 2 heteroatoms. The molecule has 1 aliphatic rings. The van der Waals surface area contributed by atoms with Crippen molar-refractivity contribution in [1.82, 2.24) is 5.32 Å². The smallest absolute Gasteiger partial charge is 0.122 e. The number of aryl methyl sites for hydroxylation is 1. The van der Waals surface area contributed by atoms with E-state index >= 15 is 0 Å². The summed E-state index contributed by atoms with van der Waals surface area (Å²) in [6.07, 6.45) is 2.46. The Labute approximate surface area is 85.3 Å². The van der Waals surface area contributed by atoms with E-state index < -0.39 is 0 Å². The van der Waals surface area contributed by atoms with Gasteiger partial charge in [-0.1, -0.05) is 12.1 Å². The number of rotatable bonds is 3. The Balaban J connectivity index is 2.36. The van der Waals surface area contributed by atoms with Crippen LogP contribution in [0, 0.1) is 6.92 Å². The molecule has 1 N–H and O–H groups in total. The summed E-state index contributed by atoms with van der Waals surface area (Å²) in [6.45, 7) is 2.07. The minimum absolute atomic E-state index is 0.237. The largest absolute Gasteiger partial charge is 0.496 e. The third kappa shape index (κ3) is 1.40. The van der Waals surface area contributed by atoms with Crippen LogP contribution in [0.5, 0.6) is 5.75 Å². The van der Waals surface area contributed by atoms with Crippen molar-refractivity contribution in [2.24, 2.45) is 0 Å². The van der Waals surface area contributed by atoms with Crippen LogP contribution in [-0.2, 0) is 5.54 Å². The summed E-state index contributed by atoms with van der Waals surface area (Å²) in [4.78, 5) is 0. The average Bonchev–Trinajstić information content (AvgIpc) is 2.99. The molecule has 2 nitrogen and oxygen atoms in total. The maximum atomic E-state index is 5.33. The van der Waals surface area contributed by atoms with E-state index in [9.17, 15) is 0 Å². The molecule has 0 heterocycles. The molecule has 1 fully saturated rings. The lowest BCUT2D eigenvalue weighted by atomic mass is 10.0. The summed E-state index contributed by atoms with van der Waals surface area (Å²) in [5, 5.41) is 3.38.